The largest absolute Gasteiger partial charge is 0.314 e. The summed E-state index contributed by atoms with van der Waals surface area (Å²) in [5.41, 5.74) is 0. The van der Waals surface area contributed by atoms with Crippen LogP contribution in [-0.2, 0) is 0 Å². The molecular formula is C12H22N2. The Kier molecular flexibility index (Phi) is 2.50. The molecule has 14 heavy (non-hydrogen) atoms. The van der Waals surface area contributed by atoms with Crippen molar-refractivity contribution in [3.05, 3.63) is 0 Å². The molecule has 0 bridgehead atoms. The Hall–Kier alpha value is -0.0800. The molecule has 0 radical (unpaired) electrons. The molecule has 2 heterocycles. The lowest BCUT2D eigenvalue weighted by Crippen LogP contribution is -2.56. The minimum atomic E-state index is 0.866. The van der Waals surface area contributed by atoms with Crippen LogP contribution < -0.4 is 10.6 Å². The first kappa shape index (κ1) is 9.17. The van der Waals surface area contributed by atoms with Crippen LogP contribution in [0.2, 0.25) is 0 Å². The van der Waals surface area contributed by atoms with Gasteiger partial charge in [-0.05, 0) is 63.5 Å². The van der Waals surface area contributed by atoms with E-state index >= 15 is 0 Å². The fourth-order valence-electron chi connectivity index (χ4n) is 3.97. The van der Waals surface area contributed by atoms with Crippen molar-refractivity contribution in [2.24, 2.45) is 11.8 Å². The minimum absolute atomic E-state index is 0.866. The van der Waals surface area contributed by atoms with Gasteiger partial charge in [0.25, 0.3) is 0 Å². The van der Waals surface area contributed by atoms with Crippen LogP contribution in [0.15, 0.2) is 0 Å². The Bertz CT molecular complexity index is 182. The zero-order valence-corrected chi connectivity index (χ0v) is 8.97. The fourth-order valence-corrected chi connectivity index (χ4v) is 3.97. The first-order valence-corrected chi connectivity index (χ1v) is 6.42. The van der Waals surface area contributed by atoms with E-state index in [1.54, 1.807) is 0 Å². The van der Waals surface area contributed by atoms with Crippen LogP contribution in [-0.4, -0.2) is 25.2 Å². The van der Waals surface area contributed by atoms with Crippen molar-refractivity contribution in [2.75, 3.05) is 13.1 Å². The SMILES string of the molecule is C1CNC2CCC3NCCCC3C2C1. The molecule has 0 aromatic rings. The van der Waals surface area contributed by atoms with Gasteiger partial charge in [-0.25, -0.2) is 0 Å². The summed E-state index contributed by atoms with van der Waals surface area (Å²) < 4.78 is 0. The maximum Gasteiger partial charge on any atom is 0.00991 e. The van der Waals surface area contributed by atoms with Crippen LogP contribution in [0.25, 0.3) is 0 Å². The van der Waals surface area contributed by atoms with E-state index in [0.717, 1.165) is 23.9 Å². The molecule has 0 aromatic carbocycles. The number of rotatable bonds is 0. The summed E-state index contributed by atoms with van der Waals surface area (Å²) >= 11 is 0. The van der Waals surface area contributed by atoms with E-state index in [-0.39, 0.29) is 0 Å². The monoisotopic (exact) mass is 194 g/mol. The number of hydrogen-bond acceptors (Lipinski definition) is 2. The molecule has 3 fully saturated rings. The molecule has 1 aliphatic carbocycles. The van der Waals surface area contributed by atoms with E-state index in [0.29, 0.717) is 0 Å². The molecule has 80 valence electrons. The summed E-state index contributed by atoms with van der Waals surface area (Å²) in [5, 5.41) is 7.45. The molecule has 1 saturated carbocycles. The highest BCUT2D eigenvalue weighted by molar-refractivity contribution is 4.97. The second-order valence-corrected chi connectivity index (χ2v) is 5.31. The zero-order valence-electron chi connectivity index (χ0n) is 8.97. The van der Waals surface area contributed by atoms with Gasteiger partial charge in [-0.1, -0.05) is 0 Å². The molecule has 3 rings (SSSR count). The van der Waals surface area contributed by atoms with Crippen molar-refractivity contribution in [1.82, 2.24) is 10.6 Å². The highest BCUT2D eigenvalue weighted by Gasteiger charge is 2.40. The van der Waals surface area contributed by atoms with Crippen molar-refractivity contribution in [3.8, 4) is 0 Å². The Morgan fingerprint density at radius 2 is 1.14 bits per heavy atom. The molecule has 0 aromatic heterocycles. The highest BCUT2D eigenvalue weighted by Crippen LogP contribution is 2.39. The van der Waals surface area contributed by atoms with Crippen molar-refractivity contribution in [3.63, 3.8) is 0 Å². The summed E-state index contributed by atoms with van der Waals surface area (Å²) in [6, 6.07) is 1.73. The van der Waals surface area contributed by atoms with Gasteiger partial charge in [0, 0.05) is 12.1 Å². The molecular weight excluding hydrogens is 172 g/mol. The van der Waals surface area contributed by atoms with Crippen molar-refractivity contribution < 1.29 is 0 Å². The Morgan fingerprint density at radius 1 is 0.643 bits per heavy atom. The number of nitrogens with one attached hydrogen (secondary N) is 2. The van der Waals surface area contributed by atoms with Gasteiger partial charge in [0.1, 0.15) is 0 Å². The van der Waals surface area contributed by atoms with Gasteiger partial charge in [-0.2, -0.15) is 0 Å². The first-order valence-electron chi connectivity index (χ1n) is 6.42. The Labute approximate surface area is 86.8 Å². The lowest BCUT2D eigenvalue weighted by Gasteiger charge is -2.48. The molecule has 2 nitrogen and oxygen atoms in total. The van der Waals surface area contributed by atoms with Crippen molar-refractivity contribution in [1.29, 1.82) is 0 Å². The molecule has 0 amide bonds. The van der Waals surface area contributed by atoms with Crippen LogP contribution >= 0.6 is 0 Å². The Balaban J connectivity index is 1.74. The number of fused-ring (bicyclic) bond motifs is 3. The molecule has 0 spiro atoms. The molecule has 2 aliphatic heterocycles. The number of hydrogen-bond donors (Lipinski definition) is 2. The third-order valence-corrected chi connectivity index (χ3v) is 4.61. The van der Waals surface area contributed by atoms with E-state index < -0.39 is 0 Å². The molecule has 4 atom stereocenters. The third-order valence-electron chi connectivity index (χ3n) is 4.61. The predicted octanol–water partition coefficient (Wildman–Crippen LogP) is 1.52. The van der Waals surface area contributed by atoms with E-state index in [4.69, 9.17) is 0 Å². The molecule has 3 aliphatic rings. The lowest BCUT2D eigenvalue weighted by atomic mass is 9.67. The smallest absolute Gasteiger partial charge is 0.00991 e. The van der Waals surface area contributed by atoms with Gasteiger partial charge >= 0.3 is 0 Å². The van der Waals surface area contributed by atoms with Gasteiger partial charge in [-0.3, -0.25) is 0 Å². The average Bonchev–Trinajstić information content (AvgIpc) is 2.29. The van der Waals surface area contributed by atoms with Crippen LogP contribution in [0.1, 0.15) is 38.5 Å². The molecule has 2 heteroatoms. The van der Waals surface area contributed by atoms with Crippen molar-refractivity contribution in [2.45, 2.75) is 50.6 Å². The lowest BCUT2D eigenvalue weighted by molar-refractivity contribution is 0.0790. The van der Waals surface area contributed by atoms with Gasteiger partial charge in [0.15, 0.2) is 0 Å². The maximum atomic E-state index is 3.73. The van der Waals surface area contributed by atoms with Gasteiger partial charge in [0.05, 0.1) is 0 Å². The van der Waals surface area contributed by atoms with E-state index in [1.165, 1.54) is 51.6 Å². The van der Waals surface area contributed by atoms with E-state index in [1.807, 2.05) is 0 Å². The number of piperidine rings is 2. The topological polar surface area (TPSA) is 24.1 Å². The van der Waals surface area contributed by atoms with Gasteiger partial charge < -0.3 is 10.6 Å². The summed E-state index contributed by atoms with van der Waals surface area (Å²) in [7, 11) is 0. The van der Waals surface area contributed by atoms with Crippen LogP contribution in [0, 0.1) is 11.8 Å². The fraction of sp³-hybridized carbons (Fsp3) is 1.00. The zero-order chi connectivity index (χ0) is 9.38. The summed E-state index contributed by atoms with van der Waals surface area (Å²) in [6.45, 7) is 2.54. The van der Waals surface area contributed by atoms with E-state index in [2.05, 4.69) is 10.6 Å². The van der Waals surface area contributed by atoms with Crippen LogP contribution in [0.5, 0.6) is 0 Å². The Morgan fingerprint density at radius 3 is 1.64 bits per heavy atom. The normalized spacial score (nSPS) is 48.0. The quantitative estimate of drug-likeness (QED) is 0.611. The standard InChI is InChI=1S/C12H22N2/c1-3-9-10-4-2-8-14-12(10)6-5-11(9)13-7-1/h9-14H,1-8H2. The second-order valence-electron chi connectivity index (χ2n) is 5.31. The molecule has 2 saturated heterocycles. The second kappa shape index (κ2) is 3.82. The van der Waals surface area contributed by atoms with Gasteiger partial charge in [-0.15, -0.1) is 0 Å². The minimum Gasteiger partial charge on any atom is -0.314 e. The average molecular weight is 194 g/mol. The van der Waals surface area contributed by atoms with Crippen molar-refractivity contribution >= 4 is 0 Å². The van der Waals surface area contributed by atoms with Crippen LogP contribution in [0.4, 0.5) is 0 Å². The van der Waals surface area contributed by atoms with Crippen LogP contribution in [0.3, 0.4) is 0 Å². The molecule has 4 unspecified atom stereocenters. The summed E-state index contributed by atoms with van der Waals surface area (Å²) in [6.07, 6.45) is 8.62. The van der Waals surface area contributed by atoms with E-state index in [9.17, 15) is 0 Å². The summed E-state index contributed by atoms with van der Waals surface area (Å²) in [4.78, 5) is 0. The van der Waals surface area contributed by atoms with Gasteiger partial charge in [0.2, 0.25) is 0 Å². The highest BCUT2D eigenvalue weighted by atomic mass is 15.0. The maximum absolute atomic E-state index is 3.73. The third kappa shape index (κ3) is 1.49. The predicted molar refractivity (Wildman–Crippen MR) is 58.3 cm³/mol. The first-order chi connectivity index (χ1) is 6.95. The molecule has 2 N–H and O–H groups in total. The summed E-state index contributed by atoms with van der Waals surface area (Å²) in [5.74, 6) is 1.99.